The van der Waals surface area contributed by atoms with Gasteiger partial charge in [0, 0.05) is 6.54 Å². The number of likely N-dealkylation sites (N-methyl/N-ethyl adjacent to an activating group) is 1. The van der Waals surface area contributed by atoms with Crippen LogP contribution in [0.5, 0.6) is 11.5 Å². The Bertz CT molecular complexity index is 374. The summed E-state index contributed by atoms with van der Waals surface area (Å²) in [6.07, 6.45) is 0. The van der Waals surface area contributed by atoms with Gasteiger partial charge >= 0.3 is 0 Å². The molecule has 0 saturated carbocycles. The summed E-state index contributed by atoms with van der Waals surface area (Å²) in [5.41, 5.74) is 0. The van der Waals surface area contributed by atoms with E-state index in [9.17, 15) is 0 Å². The lowest BCUT2D eigenvalue weighted by atomic mass is 10.3. The summed E-state index contributed by atoms with van der Waals surface area (Å²) in [6.45, 7) is 4.24. The summed E-state index contributed by atoms with van der Waals surface area (Å²) in [4.78, 5) is 1.91. The van der Waals surface area contributed by atoms with Crippen LogP contribution in [0.1, 0.15) is 6.92 Å². The Morgan fingerprint density at radius 2 is 1.88 bits per heavy atom. The first-order valence-corrected chi connectivity index (χ1v) is 5.68. The van der Waals surface area contributed by atoms with E-state index in [-0.39, 0.29) is 0 Å². The molecule has 17 heavy (non-hydrogen) atoms. The number of nitriles is 1. The summed E-state index contributed by atoms with van der Waals surface area (Å²) in [6, 6.07) is 9.69. The fourth-order valence-corrected chi connectivity index (χ4v) is 1.36. The zero-order valence-electron chi connectivity index (χ0n) is 10.3. The van der Waals surface area contributed by atoms with Gasteiger partial charge in [-0.15, -0.1) is 0 Å². The molecule has 92 valence electrons. The van der Waals surface area contributed by atoms with Crippen molar-refractivity contribution in [2.24, 2.45) is 0 Å². The highest BCUT2D eigenvalue weighted by molar-refractivity contribution is 5.39. The summed E-state index contributed by atoms with van der Waals surface area (Å²) in [5, 5.41) is 8.51. The second-order valence-electron chi connectivity index (χ2n) is 3.62. The first-order chi connectivity index (χ1) is 8.27. The molecule has 0 bridgehead atoms. The molecule has 0 N–H and O–H groups in total. The molecule has 1 rings (SSSR count). The van der Waals surface area contributed by atoms with Crippen molar-refractivity contribution < 1.29 is 9.47 Å². The molecule has 1 aromatic carbocycles. The quantitative estimate of drug-likeness (QED) is 0.676. The number of nitrogens with zero attached hydrogens (tertiary/aromatic N) is 2. The minimum absolute atomic E-state index is 0.413. The Kier molecular flexibility index (Phi) is 5.91. The third-order valence-electron chi connectivity index (χ3n) is 2.22. The van der Waals surface area contributed by atoms with E-state index in [1.165, 1.54) is 0 Å². The molecular formula is C13H18N2O2. The molecule has 0 atom stereocenters. The van der Waals surface area contributed by atoms with Crippen LogP contribution in [0.4, 0.5) is 0 Å². The molecule has 0 unspecified atom stereocenters. The molecule has 4 heteroatoms. The highest BCUT2D eigenvalue weighted by Crippen LogP contribution is 2.26. The maximum absolute atomic E-state index is 8.51. The fourth-order valence-electron chi connectivity index (χ4n) is 1.36. The fraction of sp³-hybridized carbons (Fsp3) is 0.462. The van der Waals surface area contributed by atoms with Gasteiger partial charge in [0.2, 0.25) is 0 Å². The first-order valence-electron chi connectivity index (χ1n) is 5.68. The predicted octanol–water partition coefficient (Wildman–Crippen LogP) is 1.92. The van der Waals surface area contributed by atoms with E-state index >= 15 is 0 Å². The molecule has 0 aliphatic heterocycles. The lowest BCUT2D eigenvalue weighted by Gasteiger charge is -2.15. The number of ether oxygens (including phenoxy) is 2. The van der Waals surface area contributed by atoms with Gasteiger partial charge in [-0.1, -0.05) is 12.1 Å². The zero-order chi connectivity index (χ0) is 12.5. The van der Waals surface area contributed by atoms with Crippen LogP contribution in [0.15, 0.2) is 24.3 Å². The average Bonchev–Trinajstić information content (AvgIpc) is 2.32. The zero-order valence-corrected chi connectivity index (χ0v) is 10.3. The molecule has 1 aromatic rings. The molecule has 0 spiro atoms. The molecule has 0 aromatic heterocycles. The van der Waals surface area contributed by atoms with Crippen LogP contribution in [0.25, 0.3) is 0 Å². The van der Waals surface area contributed by atoms with Gasteiger partial charge < -0.3 is 9.47 Å². The lowest BCUT2D eigenvalue weighted by Crippen LogP contribution is -2.24. The molecule has 0 aliphatic rings. The molecule has 0 heterocycles. The van der Waals surface area contributed by atoms with Crippen molar-refractivity contribution in [1.29, 1.82) is 5.26 Å². The van der Waals surface area contributed by atoms with Gasteiger partial charge in [0.15, 0.2) is 11.5 Å². The first kappa shape index (κ1) is 13.3. The number of para-hydroxylation sites is 2. The molecule has 4 nitrogen and oxygen atoms in total. The van der Waals surface area contributed by atoms with Crippen molar-refractivity contribution in [3.8, 4) is 17.6 Å². The van der Waals surface area contributed by atoms with Gasteiger partial charge in [-0.25, -0.2) is 0 Å². The van der Waals surface area contributed by atoms with Crippen molar-refractivity contribution in [2.75, 3.05) is 33.4 Å². The normalized spacial score (nSPS) is 10.0. The van der Waals surface area contributed by atoms with Gasteiger partial charge in [-0.05, 0) is 26.1 Å². The molecular weight excluding hydrogens is 216 g/mol. The monoisotopic (exact) mass is 234 g/mol. The Labute approximate surface area is 102 Å². The average molecular weight is 234 g/mol. The second kappa shape index (κ2) is 7.53. The highest BCUT2D eigenvalue weighted by atomic mass is 16.5. The van der Waals surface area contributed by atoms with Crippen molar-refractivity contribution in [3.63, 3.8) is 0 Å². The lowest BCUT2D eigenvalue weighted by molar-refractivity contribution is 0.236. The van der Waals surface area contributed by atoms with Gasteiger partial charge in [0.25, 0.3) is 0 Å². The van der Waals surface area contributed by atoms with Gasteiger partial charge in [-0.3, -0.25) is 4.90 Å². The van der Waals surface area contributed by atoms with E-state index in [0.29, 0.717) is 26.3 Å². The van der Waals surface area contributed by atoms with E-state index in [0.717, 1.165) is 11.5 Å². The van der Waals surface area contributed by atoms with E-state index < -0.39 is 0 Å². The van der Waals surface area contributed by atoms with E-state index in [2.05, 4.69) is 6.07 Å². The van der Waals surface area contributed by atoms with Gasteiger partial charge in [0.05, 0.1) is 19.2 Å². The standard InChI is InChI=1S/C13H18N2O2/c1-3-16-12-6-4-5-7-13(12)17-11-10-15(2)9-8-14/h4-7H,3,9-11H2,1-2H3. The minimum Gasteiger partial charge on any atom is -0.490 e. The van der Waals surface area contributed by atoms with E-state index in [1.807, 2.05) is 43.1 Å². The minimum atomic E-state index is 0.413. The van der Waals surface area contributed by atoms with Crippen molar-refractivity contribution >= 4 is 0 Å². The highest BCUT2D eigenvalue weighted by Gasteiger charge is 2.03. The van der Waals surface area contributed by atoms with Crippen LogP contribution in [0, 0.1) is 11.3 Å². The summed E-state index contributed by atoms with van der Waals surface area (Å²) >= 11 is 0. The van der Waals surface area contributed by atoms with Crippen LogP contribution >= 0.6 is 0 Å². The SMILES string of the molecule is CCOc1ccccc1OCCN(C)CC#N. The van der Waals surface area contributed by atoms with Crippen molar-refractivity contribution in [2.45, 2.75) is 6.92 Å². The Morgan fingerprint density at radius 1 is 1.24 bits per heavy atom. The number of hydrogen-bond donors (Lipinski definition) is 0. The van der Waals surface area contributed by atoms with Crippen LogP contribution in [0.3, 0.4) is 0 Å². The maximum atomic E-state index is 8.51. The predicted molar refractivity (Wildman–Crippen MR) is 66.2 cm³/mol. The van der Waals surface area contributed by atoms with Crippen molar-refractivity contribution in [1.82, 2.24) is 4.90 Å². The Balaban J connectivity index is 2.43. The largest absolute Gasteiger partial charge is 0.490 e. The van der Waals surface area contributed by atoms with Crippen LogP contribution < -0.4 is 9.47 Å². The molecule has 0 amide bonds. The molecule has 0 aliphatic carbocycles. The van der Waals surface area contributed by atoms with E-state index in [4.69, 9.17) is 14.7 Å². The molecule has 0 fully saturated rings. The third kappa shape index (κ3) is 4.75. The Morgan fingerprint density at radius 3 is 2.47 bits per heavy atom. The van der Waals surface area contributed by atoms with Crippen molar-refractivity contribution in [3.05, 3.63) is 24.3 Å². The number of rotatable bonds is 7. The molecule has 0 radical (unpaired) electrons. The Hall–Kier alpha value is -1.73. The number of hydrogen-bond acceptors (Lipinski definition) is 4. The topological polar surface area (TPSA) is 45.5 Å². The summed E-state index contributed by atoms with van der Waals surface area (Å²) in [5.74, 6) is 1.51. The summed E-state index contributed by atoms with van der Waals surface area (Å²) in [7, 11) is 1.89. The number of benzene rings is 1. The van der Waals surface area contributed by atoms with Crippen LogP contribution in [-0.4, -0.2) is 38.3 Å². The van der Waals surface area contributed by atoms with Gasteiger partial charge in [0.1, 0.15) is 6.61 Å². The van der Waals surface area contributed by atoms with Crippen LogP contribution in [0.2, 0.25) is 0 Å². The smallest absolute Gasteiger partial charge is 0.161 e. The van der Waals surface area contributed by atoms with Crippen LogP contribution in [-0.2, 0) is 0 Å². The van der Waals surface area contributed by atoms with Gasteiger partial charge in [-0.2, -0.15) is 5.26 Å². The third-order valence-corrected chi connectivity index (χ3v) is 2.22. The maximum Gasteiger partial charge on any atom is 0.161 e. The molecule has 0 saturated heterocycles. The second-order valence-corrected chi connectivity index (χ2v) is 3.62. The summed E-state index contributed by atoms with van der Waals surface area (Å²) < 4.78 is 11.1. The van der Waals surface area contributed by atoms with E-state index in [1.54, 1.807) is 0 Å².